The van der Waals surface area contributed by atoms with Gasteiger partial charge in [0.25, 0.3) is 0 Å². The second-order valence-electron chi connectivity index (χ2n) is 7.17. The smallest absolute Gasteiger partial charge is 0.340 e. The Morgan fingerprint density at radius 3 is 2.86 bits per heavy atom. The van der Waals surface area contributed by atoms with Crippen LogP contribution in [0.2, 0.25) is 0 Å². The van der Waals surface area contributed by atoms with E-state index in [0.717, 1.165) is 35.6 Å². The van der Waals surface area contributed by atoms with Crippen LogP contribution >= 0.6 is 0 Å². The largest absolute Gasteiger partial charge is 0.455 e. The van der Waals surface area contributed by atoms with Crippen molar-refractivity contribution in [2.75, 3.05) is 11.4 Å². The van der Waals surface area contributed by atoms with Crippen molar-refractivity contribution in [3.05, 3.63) is 58.4 Å². The van der Waals surface area contributed by atoms with Crippen LogP contribution in [0.1, 0.15) is 32.9 Å². The summed E-state index contributed by atoms with van der Waals surface area (Å²) in [7, 11) is 1.71. The molecule has 28 heavy (non-hydrogen) atoms. The van der Waals surface area contributed by atoms with Crippen molar-refractivity contribution in [1.82, 2.24) is 19.7 Å². The zero-order valence-corrected chi connectivity index (χ0v) is 15.6. The highest BCUT2D eigenvalue weighted by molar-refractivity contribution is 5.93. The maximum atomic E-state index is 14.1. The molecule has 0 N–H and O–H groups in total. The standard InChI is InChI=1S/C20H18FN5O2/c1-11-5-14-17(10-28-20(14)27)24-19(11)26-4-3-16-13(9-26)6-12(7-22-16)18-15(21)8-23-25(18)2/h5-8H,3-4,9-10H2,1-2H3. The summed E-state index contributed by atoms with van der Waals surface area (Å²) in [5.41, 5.74) is 5.35. The number of halogens is 1. The maximum Gasteiger partial charge on any atom is 0.340 e. The zero-order chi connectivity index (χ0) is 19.4. The highest BCUT2D eigenvalue weighted by Crippen LogP contribution is 2.31. The number of hydrogen-bond donors (Lipinski definition) is 0. The number of nitrogens with zero attached hydrogens (tertiary/aromatic N) is 5. The first-order chi connectivity index (χ1) is 13.5. The fourth-order valence-corrected chi connectivity index (χ4v) is 3.93. The SMILES string of the molecule is Cc1cc2c(nc1N1CCc3ncc(-c4c(F)cnn4C)cc3C1)COC2=O. The van der Waals surface area contributed by atoms with Crippen LogP contribution in [0.5, 0.6) is 0 Å². The number of aromatic nitrogens is 4. The predicted octanol–water partition coefficient (Wildman–Crippen LogP) is 2.56. The number of fused-ring (bicyclic) bond motifs is 2. The first-order valence-corrected chi connectivity index (χ1v) is 9.09. The van der Waals surface area contributed by atoms with E-state index < -0.39 is 0 Å². The Hall–Kier alpha value is -3.29. The fraction of sp³-hybridized carbons (Fsp3) is 0.300. The van der Waals surface area contributed by atoms with E-state index in [1.165, 1.54) is 10.9 Å². The van der Waals surface area contributed by atoms with Crippen molar-refractivity contribution in [3.63, 3.8) is 0 Å². The van der Waals surface area contributed by atoms with Crippen LogP contribution in [0.15, 0.2) is 24.5 Å². The molecule has 2 aliphatic heterocycles. The molecule has 0 saturated carbocycles. The zero-order valence-electron chi connectivity index (χ0n) is 15.6. The molecule has 5 heterocycles. The van der Waals surface area contributed by atoms with E-state index in [9.17, 15) is 9.18 Å². The highest BCUT2D eigenvalue weighted by Gasteiger charge is 2.27. The van der Waals surface area contributed by atoms with Gasteiger partial charge in [0.1, 0.15) is 18.1 Å². The van der Waals surface area contributed by atoms with E-state index >= 15 is 0 Å². The molecule has 0 bridgehead atoms. The number of carbonyl (C=O) groups excluding carboxylic acids is 1. The first kappa shape index (κ1) is 16.9. The van der Waals surface area contributed by atoms with E-state index in [1.807, 2.05) is 19.1 Å². The number of ether oxygens (including phenoxy) is 1. The third-order valence-corrected chi connectivity index (χ3v) is 5.33. The maximum absolute atomic E-state index is 14.1. The molecule has 5 rings (SSSR count). The summed E-state index contributed by atoms with van der Waals surface area (Å²) in [6.07, 6.45) is 3.69. The molecule has 0 aromatic carbocycles. The molecule has 0 fully saturated rings. The average Bonchev–Trinajstić information content (AvgIpc) is 3.22. The minimum absolute atomic E-state index is 0.220. The number of anilines is 1. The molecule has 0 atom stereocenters. The fourth-order valence-electron chi connectivity index (χ4n) is 3.93. The lowest BCUT2D eigenvalue weighted by Gasteiger charge is -2.30. The molecular weight excluding hydrogens is 361 g/mol. The number of esters is 1. The van der Waals surface area contributed by atoms with Gasteiger partial charge in [-0.15, -0.1) is 0 Å². The molecule has 0 spiro atoms. The molecule has 142 valence electrons. The highest BCUT2D eigenvalue weighted by atomic mass is 19.1. The van der Waals surface area contributed by atoms with E-state index in [4.69, 9.17) is 4.74 Å². The van der Waals surface area contributed by atoms with Gasteiger partial charge in [0.05, 0.1) is 17.5 Å². The monoisotopic (exact) mass is 379 g/mol. The van der Waals surface area contributed by atoms with Crippen molar-refractivity contribution in [2.45, 2.75) is 26.5 Å². The molecule has 0 unspecified atom stereocenters. The van der Waals surface area contributed by atoms with Crippen LogP contribution in [-0.2, 0) is 31.4 Å². The summed E-state index contributed by atoms with van der Waals surface area (Å²) in [5, 5.41) is 3.97. The summed E-state index contributed by atoms with van der Waals surface area (Å²) in [6.45, 7) is 3.57. The summed E-state index contributed by atoms with van der Waals surface area (Å²) in [6, 6.07) is 3.83. The lowest BCUT2D eigenvalue weighted by Crippen LogP contribution is -2.32. The molecular formula is C20H18FN5O2. The van der Waals surface area contributed by atoms with Gasteiger partial charge >= 0.3 is 5.97 Å². The predicted molar refractivity (Wildman–Crippen MR) is 99.2 cm³/mol. The molecule has 7 nitrogen and oxygen atoms in total. The van der Waals surface area contributed by atoms with Gasteiger partial charge in [-0.1, -0.05) is 0 Å². The van der Waals surface area contributed by atoms with Crippen LogP contribution in [0.4, 0.5) is 10.2 Å². The van der Waals surface area contributed by atoms with Gasteiger partial charge in [-0.2, -0.15) is 5.10 Å². The number of hydrogen-bond acceptors (Lipinski definition) is 6. The molecule has 3 aromatic heterocycles. The van der Waals surface area contributed by atoms with Gasteiger partial charge in [0.15, 0.2) is 5.82 Å². The van der Waals surface area contributed by atoms with Crippen LogP contribution in [0.3, 0.4) is 0 Å². The van der Waals surface area contributed by atoms with E-state index in [1.54, 1.807) is 13.2 Å². The Balaban J connectivity index is 1.50. The normalized spacial score (nSPS) is 15.4. The molecule has 3 aromatic rings. The van der Waals surface area contributed by atoms with Crippen molar-refractivity contribution in [3.8, 4) is 11.3 Å². The summed E-state index contributed by atoms with van der Waals surface area (Å²) < 4.78 is 20.7. The number of aryl methyl sites for hydroxylation is 2. The summed E-state index contributed by atoms with van der Waals surface area (Å²) in [4.78, 5) is 23.2. The van der Waals surface area contributed by atoms with Crippen molar-refractivity contribution < 1.29 is 13.9 Å². The van der Waals surface area contributed by atoms with Crippen LogP contribution in [0, 0.1) is 12.7 Å². The van der Waals surface area contributed by atoms with Gasteiger partial charge in [-0.25, -0.2) is 14.2 Å². The number of cyclic esters (lactones) is 1. The third kappa shape index (κ3) is 2.56. The topological polar surface area (TPSA) is 73.1 Å². The van der Waals surface area contributed by atoms with Crippen molar-refractivity contribution in [2.24, 2.45) is 7.05 Å². The Morgan fingerprint density at radius 1 is 1.21 bits per heavy atom. The molecule has 0 amide bonds. The molecule has 8 heteroatoms. The second-order valence-corrected chi connectivity index (χ2v) is 7.17. The third-order valence-electron chi connectivity index (χ3n) is 5.33. The van der Waals surface area contributed by atoms with Gasteiger partial charge < -0.3 is 9.64 Å². The number of pyridine rings is 2. The van der Waals surface area contributed by atoms with Gasteiger partial charge in [-0.05, 0) is 30.2 Å². The Morgan fingerprint density at radius 2 is 2.07 bits per heavy atom. The average molecular weight is 379 g/mol. The van der Waals surface area contributed by atoms with Gasteiger partial charge in [0, 0.05) is 44.0 Å². The van der Waals surface area contributed by atoms with Crippen LogP contribution < -0.4 is 4.90 Å². The summed E-state index contributed by atoms with van der Waals surface area (Å²) in [5.74, 6) is 0.172. The van der Waals surface area contributed by atoms with Gasteiger partial charge in [-0.3, -0.25) is 9.67 Å². The van der Waals surface area contributed by atoms with Gasteiger partial charge in [0.2, 0.25) is 0 Å². The molecule has 2 aliphatic rings. The molecule has 0 aliphatic carbocycles. The van der Waals surface area contributed by atoms with E-state index in [2.05, 4.69) is 20.0 Å². The number of carbonyl (C=O) groups is 1. The van der Waals surface area contributed by atoms with E-state index in [-0.39, 0.29) is 18.4 Å². The lowest BCUT2D eigenvalue weighted by molar-refractivity contribution is 0.0533. The quantitative estimate of drug-likeness (QED) is 0.637. The second kappa shape index (κ2) is 6.12. The van der Waals surface area contributed by atoms with Crippen LogP contribution in [-0.4, -0.2) is 32.3 Å². The first-order valence-electron chi connectivity index (χ1n) is 9.09. The van der Waals surface area contributed by atoms with E-state index in [0.29, 0.717) is 29.1 Å². The molecule has 0 radical (unpaired) electrons. The molecule has 0 saturated heterocycles. The van der Waals surface area contributed by atoms with Crippen molar-refractivity contribution >= 4 is 11.8 Å². The Bertz CT molecular complexity index is 1100. The lowest BCUT2D eigenvalue weighted by atomic mass is 10.0. The summed E-state index contributed by atoms with van der Waals surface area (Å²) >= 11 is 0. The van der Waals surface area contributed by atoms with Crippen LogP contribution in [0.25, 0.3) is 11.3 Å². The minimum atomic E-state index is -0.363. The van der Waals surface area contributed by atoms with Crippen molar-refractivity contribution in [1.29, 1.82) is 0 Å². The Labute approximate surface area is 160 Å². The minimum Gasteiger partial charge on any atom is -0.455 e. The number of rotatable bonds is 2. The Kier molecular flexibility index (Phi) is 3.68.